The van der Waals surface area contributed by atoms with Crippen molar-refractivity contribution in [3.63, 3.8) is 0 Å². The quantitative estimate of drug-likeness (QED) is 0.0261. The van der Waals surface area contributed by atoms with Crippen LogP contribution in [0, 0.1) is 0 Å². The predicted octanol–water partition coefficient (Wildman–Crippen LogP) is 22.0. The Morgan fingerprint density at radius 1 is 0.273 bits per heavy atom. The molecule has 0 saturated heterocycles. The van der Waals surface area contributed by atoms with Crippen molar-refractivity contribution in [3.05, 3.63) is 122 Å². The number of rotatable bonds is 57. The summed E-state index contributed by atoms with van der Waals surface area (Å²) in [6.45, 7) is 6.37. The number of hydrogen-bond acceptors (Lipinski definition) is 6. The van der Waals surface area contributed by atoms with Crippen LogP contribution in [0.3, 0.4) is 0 Å². The summed E-state index contributed by atoms with van der Waals surface area (Å²) < 4.78 is 16.9. The predicted molar refractivity (Wildman–Crippen MR) is 334 cm³/mol. The Kier molecular flexibility index (Phi) is 60.8. The van der Waals surface area contributed by atoms with Gasteiger partial charge >= 0.3 is 17.9 Å². The van der Waals surface area contributed by atoms with Crippen molar-refractivity contribution >= 4 is 17.9 Å². The van der Waals surface area contributed by atoms with E-state index in [-0.39, 0.29) is 31.1 Å². The molecule has 0 aromatic heterocycles. The molecular formula is C71H118O6. The summed E-state index contributed by atoms with van der Waals surface area (Å²) in [5.74, 6) is -0.928. The van der Waals surface area contributed by atoms with Crippen molar-refractivity contribution in [3.8, 4) is 0 Å². The normalized spacial score (nSPS) is 12.9. The van der Waals surface area contributed by atoms with Gasteiger partial charge in [0.1, 0.15) is 13.2 Å². The maximum atomic E-state index is 12.9. The van der Waals surface area contributed by atoms with Crippen molar-refractivity contribution in [2.75, 3.05) is 13.2 Å². The molecule has 1 unspecified atom stereocenters. The second kappa shape index (κ2) is 64.3. The maximum absolute atomic E-state index is 12.9. The summed E-state index contributed by atoms with van der Waals surface area (Å²) in [5, 5.41) is 0. The van der Waals surface area contributed by atoms with Gasteiger partial charge in [0.15, 0.2) is 6.10 Å². The molecule has 6 nitrogen and oxygen atoms in total. The van der Waals surface area contributed by atoms with Crippen LogP contribution in [0.15, 0.2) is 122 Å². The van der Waals surface area contributed by atoms with Crippen LogP contribution in [0.25, 0.3) is 0 Å². The second-order valence-electron chi connectivity index (χ2n) is 20.9. The molecule has 0 aliphatic rings. The molecular weight excluding hydrogens is 949 g/mol. The van der Waals surface area contributed by atoms with Crippen molar-refractivity contribution in [2.45, 2.75) is 297 Å². The molecule has 0 aromatic carbocycles. The lowest BCUT2D eigenvalue weighted by Crippen LogP contribution is -2.30. The smallest absolute Gasteiger partial charge is 0.306 e. The van der Waals surface area contributed by atoms with E-state index < -0.39 is 6.10 Å². The van der Waals surface area contributed by atoms with E-state index in [1.165, 1.54) is 103 Å². The van der Waals surface area contributed by atoms with E-state index in [0.29, 0.717) is 19.3 Å². The summed E-state index contributed by atoms with van der Waals surface area (Å²) in [6, 6.07) is 0. The van der Waals surface area contributed by atoms with Crippen molar-refractivity contribution in [1.29, 1.82) is 0 Å². The zero-order chi connectivity index (χ0) is 55.7. The van der Waals surface area contributed by atoms with Gasteiger partial charge in [-0.15, -0.1) is 0 Å². The number of carbonyl (C=O) groups excluding carboxylic acids is 3. The fourth-order valence-electron chi connectivity index (χ4n) is 8.69. The Bertz CT molecular complexity index is 1600. The van der Waals surface area contributed by atoms with E-state index >= 15 is 0 Å². The first-order valence-electron chi connectivity index (χ1n) is 32.0. The fourth-order valence-corrected chi connectivity index (χ4v) is 8.69. The molecule has 0 saturated carbocycles. The molecule has 1 atom stereocenters. The summed E-state index contributed by atoms with van der Waals surface area (Å²) in [7, 11) is 0. The van der Waals surface area contributed by atoms with Crippen LogP contribution in [0.1, 0.15) is 290 Å². The van der Waals surface area contributed by atoms with Gasteiger partial charge in [-0.25, -0.2) is 0 Å². The van der Waals surface area contributed by atoms with Gasteiger partial charge in [0.25, 0.3) is 0 Å². The Hall–Kier alpha value is -4.19. The van der Waals surface area contributed by atoms with E-state index in [1.54, 1.807) is 0 Å². The van der Waals surface area contributed by atoms with Gasteiger partial charge in [-0.05, 0) is 128 Å². The molecule has 0 aliphatic carbocycles. The Morgan fingerprint density at radius 3 is 0.792 bits per heavy atom. The van der Waals surface area contributed by atoms with Gasteiger partial charge in [0.2, 0.25) is 0 Å². The maximum Gasteiger partial charge on any atom is 0.306 e. The lowest BCUT2D eigenvalue weighted by atomic mass is 10.0. The molecule has 0 radical (unpaired) electrons. The average molecular weight is 1070 g/mol. The van der Waals surface area contributed by atoms with Gasteiger partial charge in [-0.2, -0.15) is 0 Å². The standard InChI is InChI=1S/C71H118O6/c1-4-7-10-13-16-19-22-25-28-30-31-32-33-34-35-36-37-38-39-41-43-46-49-52-55-58-61-64-70(73)76-67-68(66-75-69(72)63-60-57-54-51-48-45-42-27-24-21-18-15-12-9-6-3)77-71(74)65-62-59-56-53-50-47-44-40-29-26-23-20-17-14-11-8-5-2/h7-8,10-11,16-21,25-29,31-32,42,44,47,68H,4-6,9,12-15,22-24,30,33-41,43,45-46,48-67H2,1-3H3/b10-7-,11-8-,19-16-,20-17-,21-18-,28-25-,29-26-,32-31-,42-27-,47-44-. The lowest BCUT2D eigenvalue weighted by molar-refractivity contribution is -0.167. The van der Waals surface area contributed by atoms with E-state index in [4.69, 9.17) is 14.2 Å². The van der Waals surface area contributed by atoms with E-state index in [9.17, 15) is 14.4 Å². The number of allylic oxidation sites excluding steroid dienone is 20. The molecule has 0 fully saturated rings. The summed E-state index contributed by atoms with van der Waals surface area (Å²) in [4.78, 5) is 38.3. The highest BCUT2D eigenvalue weighted by Gasteiger charge is 2.19. The molecule has 0 N–H and O–H groups in total. The SMILES string of the molecule is CC/C=C\C/C=C\C/C=C\C/C=C\CCCCCCCCCCCCCCCCC(=O)OCC(COC(=O)CCCCCCC/C=C\C/C=C\CCCCC)OC(=O)CCCCCC/C=C\C/C=C\C/C=C\C/C=C\CC. The Morgan fingerprint density at radius 2 is 0.506 bits per heavy atom. The van der Waals surface area contributed by atoms with Crippen molar-refractivity contribution in [1.82, 2.24) is 0 Å². The number of hydrogen-bond donors (Lipinski definition) is 0. The van der Waals surface area contributed by atoms with Crippen molar-refractivity contribution in [2.24, 2.45) is 0 Å². The minimum absolute atomic E-state index is 0.0942. The van der Waals surface area contributed by atoms with Crippen LogP contribution < -0.4 is 0 Å². The highest BCUT2D eigenvalue weighted by molar-refractivity contribution is 5.71. The summed E-state index contributed by atoms with van der Waals surface area (Å²) in [6.07, 6.45) is 89.2. The molecule has 77 heavy (non-hydrogen) atoms. The van der Waals surface area contributed by atoms with E-state index in [2.05, 4.69) is 142 Å². The van der Waals surface area contributed by atoms with Gasteiger partial charge in [-0.1, -0.05) is 264 Å². The third kappa shape index (κ3) is 62.5. The number of unbranched alkanes of at least 4 members (excludes halogenated alkanes) is 26. The topological polar surface area (TPSA) is 78.9 Å². The fraction of sp³-hybridized carbons (Fsp3) is 0.676. The van der Waals surface area contributed by atoms with Gasteiger partial charge in [0, 0.05) is 19.3 Å². The molecule has 438 valence electrons. The molecule has 0 rings (SSSR count). The molecule has 0 aromatic rings. The zero-order valence-corrected chi connectivity index (χ0v) is 50.2. The molecule has 0 amide bonds. The second-order valence-corrected chi connectivity index (χ2v) is 20.9. The minimum Gasteiger partial charge on any atom is -0.462 e. The largest absolute Gasteiger partial charge is 0.462 e. The highest BCUT2D eigenvalue weighted by Crippen LogP contribution is 2.16. The van der Waals surface area contributed by atoms with E-state index in [1.807, 2.05) is 0 Å². The summed E-state index contributed by atoms with van der Waals surface area (Å²) >= 11 is 0. The first kappa shape index (κ1) is 72.8. The van der Waals surface area contributed by atoms with Crippen LogP contribution in [-0.4, -0.2) is 37.2 Å². The molecule has 0 spiro atoms. The monoisotopic (exact) mass is 1070 g/mol. The van der Waals surface area contributed by atoms with Gasteiger partial charge < -0.3 is 14.2 Å². The van der Waals surface area contributed by atoms with Crippen LogP contribution in [0.4, 0.5) is 0 Å². The van der Waals surface area contributed by atoms with Gasteiger partial charge in [-0.3, -0.25) is 14.4 Å². The first-order chi connectivity index (χ1) is 38.0. The van der Waals surface area contributed by atoms with Crippen molar-refractivity contribution < 1.29 is 28.6 Å². The van der Waals surface area contributed by atoms with Crippen LogP contribution >= 0.6 is 0 Å². The molecule has 0 heterocycles. The zero-order valence-electron chi connectivity index (χ0n) is 50.2. The summed E-state index contributed by atoms with van der Waals surface area (Å²) in [5.41, 5.74) is 0. The number of esters is 3. The van der Waals surface area contributed by atoms with Gasteiger partial charge in [0.05, 0.1) is 0 Å². The van der Waals surface area contributed by atoms with Crippen LogP contribution in [0.5, 0.6) is 0 Å². The van der Waals surface area contributed by atoms with E-state index in [0.717, 1.165) is 148 Å². The lowest BCUT2D eigenvalue weighted by Gasteiger charge is -2.18. The highest BCUT2D eigenvalue weighted by atomic mass is 16.6. The molecule has 6 heteroatoms. The van der Waals surface area contributed by atoms with Crippen LogP contribution in [-0.2, 0) is 28.6 Å². The third-order valence-corrected chi connectivity index (χ3v) is 13.4. The molecule has 0 aliphatic heterocycles. The average Bonchev–Trinajstić information content (AvgIpc) is 3.43. The minimum atomic E-state index is -0.801. The Balaban J connectivity index is 4.35. The Labute approximate surface area is 475 Å². The first-order valence-corrected chi connectivity index (χ1v) is 32.0. The molecule has 0 bridgehead atoms. The third-order valence-electron chi connectivity index (χ3n) is 13.4. The van der Waals surface area contributed by atoms with Crippen LogP contribution in [0.2, 0.25) is 0 Å². The number of carbonyl (C=O) groups is 3. The number of ether oxygens (including phenoxy) is 3.